The molecule has 2 aromatic carbocycles. The van der Waals surface area contributed by atoms with Gasteiger partial charge in [0.2, 0.25) is 0 Å². The maximum atomic E-state index is 12.6. The van der Waals surface area contributed by atoms with E-state index in [4.69, 9.17) is 4.74 Å². The molecule has 2 aromatic rings. The summed E-state index contributed by atoms with van der Waals surface area (Å²) in [6, 6.07) is 18.3. The molecule has 0 aliphatic carbocycles. The number of carbonyl (C=O) groups is 1. The molecule has 0 aromatic heterocycles. The van der Waals surface area contributed by atoms with E-state index < -0.39 is 0 Å². The van der Waals surface area contributed by atoms with Gasteiger partial charge in [0.05, 0.1) is 6.61 Å². The minimum atomic E-state index is 0.0532. The third kappa shape index (κ3) is 6.72. The van der Waals surface area contributed by atoms with Gasteiger partial charge in [0.25, 0.3) is 5.91 Å². The minimum Gasteiger partial charge on any atom is -0.494 e. The van der Waals surface area contributed by atoms with Crippen LogP contribution in [0.15, 0.2) is 54.6 Å². The molecule has 4 heteroatoms. The smallest absolute Gasteiger partial charge is 0.253 e. The predicted molar refractivity (Wildman–Crippen MR) is 111 cm³/mol. The lowest BCUT2D eigenvalue weighted by atomic mass is 10.1. The summed E-state index contributed by atoms with van der Waals surface area (Å²) in [7, 11) is 1.84. The Bertz CT molecular complexity index is 683. The summed E-state index contributed by atoms with van der Waals surface area (Å²) in [5, 5.41) is 0. The molecule has 0 aliphatic heterocycles. The Hall–Kier alpha value is -2.33. The van der Waals surface area contributed by atoms with Crippen LogP contribution in [0.3, 0.4) is 0 Å². The number of amides is 1. The normalized spacial score (nSPS) is 11.0. The summed E-state index contributed by atoms with van der Waals surface area (Å²) in [5.41, 5.74) is 1.97. The quantitative estimate of drug-likeness (QED) is 0.581. The van der Waals surface area contributed by atoms with Crippen molar-refractivity contribution in [3.05, 3.63) is 65.7 Å². The summed E-state index contributed by atoms with van der Waals surface area (Å²) in [5.74, 6) is 0.919. The van der Waals surface area contributed by atoms with Crippen LogP contribution in [-0.4, -0.2) is 48.5 Å². The SMILES string of the molecule is CCN(Cc1ccc(C(=O)N(C)CCCOc2ccccc2)cc1)C(C)C. The van der Waals surface area contributed by atoms with Crippen molar-refractivity contribution in [2.75, 3.05) is 26.7 Å². The topological polar surface area (TPSA) is 32.8 Å². The van der Waals surface area contributed by atoms with Gasteiger partial charge in [-0.2, -0.15) is 0 Å². The molecule has 0 heterocycles. The summed E-state index contributed by atoms with van der Waals surface area (Å²) < 4.78 is 5.68. The monoisotopic (exact) mass is 368 g/mol. The lowest BCUT2D eigenvalue weighted by Crippen LogP contribution is -2.30. The van der Waals surface area contributed by atoms with Gasteiger partial charge in [0.1, 0.15) is 5.75 Å². The number of hydrogen-bond donors (Lipinski definition) is 0. The Labute approximate surface area is 163 Å². The average molecular weight is 369 g/mol. The molecule has 0 saturated heterocycles. The molecule has 1 amide bonds. The fraction of sp³-hybridized carbons (Fsp3) is 0.435. The molecule has 4 nitrogen and oxygen atoms in total. The fourth-order valence-electron chi connectivity index (χ4n) is 2.98. The van der Waals surface area contributed by atoms with Gasteiger partial charge in [-0.3, -0.25) is 9.69 Å². The molecule has 0 fully saturated rings. The molecule has 0 aliphatic rings. The van der Waals surface area contributed by atoms with Crippen LogP contribution < -0.4 is 4.74 Å². The summed E-state index contributed by atoms with van der Waals surface area (Å²) in [6.07, 6.45) is 0.801. The molecular formula is C23H32N2O2. The molecule has 0 bridgehead atoms. The molecular weight excluding hydrogens is 336 g/mol. The molecule has 0 N–H and O–H groups in total. The van der Waals surface area contributed by atoms with Crippen LogP contribution in [-0.2, 0) is 6.54 Å². The van der Waals surface area contributed by atoms with E-state index in [-0.39, 0.29) is 5.91 Å². The minimum absolute atomic E-state index is 0.0532. The second-order valence-corrected chi connectivity index (χ2v) is 7.10. The van der Waals surface area contributed by atoms with Crippen molar-refractivity contribution < 1.29 is 9.53 Å². The molecule has 0 atom stereocenters. The van der Waals surface area contributed by atoms with Crippen molar-refractivity contribution in [2.45, 2.75) is 39.8 Å². The first kappa shape index (κ1) is 21.0. The Morgan fingerprint density at radius 2 is 1.70 bits per heavy atom. The van der Waals surface area contributed by atoms with E-state index in [1.54, 1.807) is 4.90 Å². The first-order valence-corrected chi connectivity index (χ1v) is 9.77. The second kappa shape index (κ2) is 10.7. The van der Waals surface area contributed by atoms with Crippen LogP contribution in [0.2, 0.25) is 0 Å². The predicted octanol–water partition coefficient (Wildman–Crippen LogP) is 4.46. The number of hydrogen-bond acceptors (Lipinski definition) is 3. The highest BCUT2D eigenvalue weighted by Crippen LogP contribution is 2.12. The number of nitrogens with zero attached hydrogens (tertiary/aromatic N) is 2. The molecule has 0 radical (unpaired) electrons. The van der Waals surface area contributed by atoms with Gasteiger partial charge in [-0.25, -0.2) is 0 Å². The zero-order chi connectivity index (χ0) is 19.6. The molecule has 0 unspecified atom stereocenters. The number of benzene rings is 2. The van der Waals surface area contributed by atoms with E-state index in [0.717, 1.165) is 30.8 Å². The van der Waals surface area contributed by atoms with E-state index in [1.807, 2.05) is 49.5 Å². The van der Waals surface area contributed by atoms with Crippen LogP contribution >= 0.6 is 0 Å². The van der Waals surface area contributed by atoms with Gasteiger partial charge in [0, 0.05) is 31.7 Å². The van der Waals surface area contributed by atoms with Crippen molar-refractivity contribution in [1.82, 2.24) is 9.80 Å². The van der Waals surface area contributed by atoms with Gasteiger partial charge < -0.3 is 9.64 Å². The van der Waals surface area contributed by atoms with Crippen molar-refractivity contribution in [1.29, 1.82) is 0 Å². The van der Waals surface area contributed by atoms with Crippen molar-refractivity contribution in [3.63, 3.8) is 0 Å². The molecule has 0 saturated carbocycles. The van der Waals surface area contributed by atoms with E-state index in [9.17, 15) is 4.79 Å². The highest BCUT2D eigenvalue weighted by atomic mass is 16.5. The molecule has 2 rings (SSSR count). The average Bonchev–Trinajstić information content (AvgIpc) is 2.69. The lowest BCUT2D eigenvalue weighted by Gasteiger charge is -2.25. The zero-order valence-electron chi connectivity index (χ0n) is 17.0. The van der Waals surface area contributed by atoms with Gasteiger partial charge in [-0.05, 0) is 56.6 Å². The van der Waals surface area contributed by atoms with E-state index >= 15 is 0 Å². The van der Waals surface area contributed by atoms with E-state index in [0.29, 0.717) is 19.2 Å². The third-order valence-corrected chi connectivity index (χ3v) is 4.72. The van der Waals surface area contributed by atoms with Crippen molar-refractivity contribution in [3.8, 4) is 5.75 Å². The highest BCUT2D eigenvalue weighted by Gasteiger charge is 2.12. The summed E-state index contributed by atoms with van der Waals surface area (Å²) >= 11 is 0. The van der Waals surface area contributed by atoms with Gasteiger partial charge in [-0.1, -0.05) is 37.3 Å². The Morgan fingerprint density at radius 1 is 1.04 bits per heavy atom. The maximum Gasteiger partial charge on any atom is 0.253 e. The van der Waals surface area contributed by atoms with Gasteiger partial charge >= 0.3 is 0 Å². The van der Waals surface area contributed by atoms with Crippen molar-refractivity contribution >= 4 is 5.91 Å². The number of para-hydroxylation sites is 1. The summed E-state index contributed by atoms with van der Waals surface area (Å²) in [4.78, 5) is 16.7. The van der Waals surface area contributed by atoms with E-state index in [1.165, 1.54) is 5.56 Å². The van der Waals surface area contributed by atoms with Crippen LogP contribution in [0.5, 0.6) is 5.75 Å². The first-order chi connectivity index (χ1) is 13.0. The van der Waals surface area contributed by atoms with Crippen LogP contribution in [0.4, 0.5) is 0 Å². The Morgan fingerprint density at radius 3 is 2.30 bits per heavy atom. The highest BCUT2D eigenvalue weighted by molar-refractivity contribution is 5.94. The van der Waals surface area contributed by atoms with Crippen LogP contribution in [0.1, 0.15) is 43.1 Å². The zero-order valence-corrected chi connectivity index (χ0v) is 17.0. The number of ether oxygens (including phenoxy) is 1. The third-order valence-electron chi connectivity index (χ3n) is 4.72. The Kier molecular flexibility index (Phi) is 8.34. The first-order valence-electron chi connectivity index (χ1n) is 9.77. The molecule has 0 spiro atoms. The maximum absolute atomic E-state index is 12.6. The fourth-order valence-corrected chi connectivity index (χ4v) is 2.98. The molecule has 146 valence electrons. The van der Waals surface area contributed by atoms with Crippen molar-refractivity contribution in [2.24, 2.45) is 0 Å². The Balaban J connectivity index is 1.80. The lowest BCUT2D eigenvalue weighted by molar-refractivity contribution is 0.0788. The second-order valence-electron chi connectivity index (χ2n) is 7.10. The van der Waals surface area contributed by atoms with Gasteiger partial charge in [-0.15, -0.1) is 0 Å². The van der Waals surface area contributed by atoms with E-state index in [2.05, 4.69) is 37.8 Å². The summed E-state index contributed by atoms with van der Waals surface area (Å²) in [6.45, 7) is 9.79. The van der Waals surface area contributed by atoms with Crippen LogP contribution in [0, 0.1) is 0 Å². The standard InChI is InChI=1S/C23H32N2O2/c1-5-25(19(2)3)18-20-12-14-21(15-13-20)23(26)24(4)16-9-17-27-22-10-7-6-8-11-22/h6-8,10-15,19H,5,9,16-18H2,1-4H3. The largest absolute Gasteiger partial charge is 0.494 e. The number of rotatable bonds is 10. The number of carbonyl (C=O) groups excluding carboxylic acids is 1. The van der Waals surface area contributed by atoms with Gasteiger partial charge in [0.15, 0.2) is 0 Å². The molecule has 27 heavy (non-hydrogen) atoms. The van der Waals surface area contributed by atoms with Crippen LogP contribution in [0.25, 0.3) is 0 Å².